The van der Waals surface area contributed by atoms with Crippen molar-refractivity contribution in [2.45, 2.75) is 25.8 Å². The summed E-state index contributed by atoms with van der Waals surface area (Å²) in [6.07, 6.45) is 5.97. The first-order valence-corrected chi connectivity index (χ1v) is 6.12. The van der Waals surface area contributed by atoms with Crippen LogP contribution in [-0.2, 0) is 11.3 Å². The Hall–Kier alpha value is -0.910. The van der Waals surface area contributed by atoms with Crippen LogP contribution in [0.3, 0.4) is 0 Å². The molecule has 1 rings (SSSR count). The molecular weight excluding hydrogens is 260 g/mol. The normalized spacial score (nSPS) is 10.2. The number of nitrogens with one attached hydrogen (secondary N) is 1. The minimum absolute atomic E-state index is 0.107. The number of carbonyl (C=O) groups excluding carboxylic acids is 1. The smallest absolute Gasteiger partial charge is 0.220 e. The second-order valence-electron chi connectivity index (χ2n) is 3.16. The van der Waals surface area contributed by atoms with E-state index in [0.29, 0.717) is 19.5 Å². The number of amides is 1. The highest BCUT2D eigenvalue weighted by Crippen LogP contribution is 1.97. The number of carbonyl (C=O) groups is 1. The van der Waals surface area contributed by atoms with Crippen LogP contribution in [0.5, 0.6) is 0 Å². The second kappa shape index (κ2) is 7.39. The van der Waals surface area contributed by atoms with Gasteiger partial charge in [0.25, 0.3) is 0 Å². The van der Waals surface area contributed by atoms with Crippen LogP contribution in [0.2, 0.25) is 0 Å². The van der Waals surface area contributed by atoms with E-state index in [9.17, 15) is 4.79 Å². The molecule has 84 valence electrons. The van der Waals surface area contributed by atoms with E-state index < -0.39 is 0 Å². The van der Waals surface area contributed by atoms with E-state index in [1.807, 2.05) is 0 Å². The number of alkyl halides is 1. The molecule has 6 heteroatoms. The van der Waals surface area contributed by atoms with Crippen LogP contribution < -0.4 is 5.32 Å². The van der Waals surface area contributed by atoms with Gasteiger partial charge in [-0.15, -0.1) is 5.10 Å². The van der Waals surface area contributed by atoms with Gasteiger partial charge in [-0.2, -0.15) is 0 Å². The zero-order valence-corrected chi connectivity index (χ0v) is 10.1. The van der Waals surface area contributed by atoms with Gasteiger partial charge in [0.2, 0.25) is 5.91 Å². The van der Waals surface area contributed by atoms with Gasteiger partial charge in [0.05, 0.1) is 12.7 Å². The summed E-state index contributed by atoms with van der Waals surface area (Å²) in [4.78, 5) is 11.3. The summed E-state index contributed by atoms with van der Waals surface area (Å²) in [5.74, 6) is 0.107. The average Bonchev–Trinajstić information content (AvgIpc) is 2.71. The Balaban J connectivity index is 2.02. The van der Waals surface area contributed by atoms with Crippen LogP contribution >= 0.6 is 15.9 Å². The lowest BCUT2D eigenvalue weighted by Crippen LogP contribution is -2.27. The molecular formula is C9H15BrN4O. The molecule has 0 bridgehead atoms. The summed E-state index contributed by atoms with van der Waals surface area (Å²) in [6, 6.07) is 0. The molecule has 0 radical (unpaired) electrons. The van der Waals surface area contributed by atoms with E-state index in [4.69, 9.17) is 0 Å². The molecule has 1 heterocycles. The molecule has 0 aliphatic rings. The molecule has 0 aromatic carbocycles. The molecule has 0 fully saturated rings. The molecule has 0 saturated heterocycles. The number of unbranched alkanes of at least 4 members (excludes halogenated alkanes) is 1. The molecule has 0 atom stereocenters. The zero-order chi connectivity index (χ0) is 10.9. The summed E-state index contributed by atoms with van der Waals surface area (Å²) >= 11 is 3.33. The van der Waals surface area contributed by atoms with Crippen molar-refractivity contribution in [3.05, 3.63) is 12.4 Å². The molecule has 0 spiro atoms. The van der Waals surface area contributed by atoms with Crippen LogP contribution in [0.25, 0.3) is 0 Å². The number of hydrogen-bond acceptors (Lipinski definition) is 3. The Labute approximate surface area is 97.4 Å². The Bertz CT molecular complexity index is 276. The zero-order valence-electron chi connectivity index (χ0n) is 8.53. The van der Waals surface area contributed by atoms with Gasteiger partial charge in [-0.3, -0.25) is 9.48 Å². The summed E-state index contributed by atoms with van der Waals surface area (Å²) in [7, 11) is 0. The Kier molecular flexibility index (Phi) is 5.99. The minimum Gasteiger partial charge on any atom is -0.354 e. The fraction of sp³-hybridized carbons (Fsp3) is 0.667. The molecule has 15 heavy (non-hydrogen) atoms. The largest absolute Gasteiger partial charge is 0.354 e. The maximum absolute atomic E-state index is 11.3. The topological polar surface area (TPSA) is 59.8 Å². The SMILES string of the molecule is O=C(CCCCBr)NCCn1ccnn1. The van der Waals surface area contributed by atoms with Crippen molar-refractivity contribution in [3.63, 3.8) is 0 Å². The van der Waals surface area contributed by atoms with Gasteiger partial charge in [-0.05, 0) is 12.8 Å². The van der Waals surface area contributed by atoms with Crippen LogP contribution in [0.15, 0.2) is 12.4 Å². The van der Waals surface area contributed by atoms with Crippen molar-refractivity contribution >= 4 is 21.8 Å². The Morgan fingerprint density at radius 2 is 2.33 bits per heavy atom. The first-order valence-electron chi connectivity index (χ1n) is 4.99. The van der Waals surface area contributed by atoms with Gasteiger partial charge in [0.15, 0.2) is 0 Å². The molecule has 1 N–H and O–H groups in total. The maximum atomic E-state index is 11.3. The standard InChI is InChI=1S/C9H15BrN4O/c10-4-2-1-3-9(15)11-5-7-14-8-6-12-13-14/h6,8H,1-5,7H2,(H,11,15). The first kappa shape index (κ1) is 12.2. The number of halogens is 1. The Morgan fingerprint density at radius 1 is 1.47 bits per heavy atom. The lowest BCUT2D eigenvalue weighted by molar-refractivity contribution is -0.121. The predicted octanol–water partition coefficient (Wildman–Crippen LogP) is 0.959. The van der Waals surface area contributed by atoms with Gasteiger partial charge < -0.3 is 5.32 Å². The summed E-state index contributed by atoms with van der Waals surface area (Å²) < 4.78 is 1.69. The molecule has 0 saturated carbocycles. The fourth-order valence-corrected chi connectivity index (χ4v) is 1.53. The highest BCUT2D eigenvalue weighted by molar-refractivity contribution is 9.09. The van der Waals surface area contributed by atoms with Gasteiger partial charge in [-0.1, -0.05) is 21.1 Å². The molecule has 0 aliphatic carbocycles. The Morgan fingerprint density at radius 3 is 3.00 bits per heavy atom. The van der Waals surface area contributed by atoms with Crippen molar-refractivity contribution in [1.82, 2.24) is 20.3 Å². The van der Waals surface area contributed by atoms with E-state index in [2.05, 4.69) is 31.6 Å². The van der Waals surface area contributed by atoms with E-state index in [1.54, 1.807) is 17.1 Å². The van der Waals surface area contributed by atoms with Crippen molar-refractivity contribution in [2.75, 3.05) is 11.9 Å². The van der Waals surface area contributed by atoms with Gasteiger partial charge >= 0.3 is 0 Å². The molecule has 1 amide bonds. The third kappa shape index (κ3) is 5.51. The lowest BCUT2D eigenvalue weighted by Gasteiger charge is -2.04. The summed E-state index contributed by atoms with van der Waals surface area (Å²) in [5, 5.41) is 11.3. The first-order chi connectivity index (χ1) is 7.33. The van der Waals surface area contributed by atoms with E-state index in [0.717, 1.165) is 18.2 Å². The summed E-state index contributed by atoms with van der Waals surface area (Å²) in [5.41, 5.74) is 0. The van der Waals surface area contributed by atoms with E-state index >= 15 is 0 Å². The predicted molar refractivity (Wildman–Crippen MR) is 60.7 cm³/mol. The number of hydrogen-bond donors (Lipinski definition) is 1. The molecule has 1 aromatic rings. The van der Waals surface area contributed by atoms with Crippen molar-refractivity contribution in [2.24, 2.45) is 0 Å². The summed E-state index contributed by atoms with van der Waals surface area (Å²) in [6.45, 7) is 1.28. The van der Waals surface area contributed by atoms with Crippen LogP contribution in [0.1, 0.15) is 19.3 Å². The lowest BCUT2D eigenvalue weighted by atomic mass is 10.2. The minimum atomic E-state index is 0.107. The van der Waals surface area contributed by atoms with E-state index in [1.165, 1.54) is 0 Å². The molecule has 0 aliphatic heterocycles. The third-order valence-electron chi connectivity index (χ3n) is 1.92. The van der Waals surface area contributed by atoms with Gasteiger partial charge in [-0.25, -0.2) is 0 Å². The fourth-order valence-electron chi connectivity index (χ4n) is 1.13. The van der Waals surface area contributed by atoms with Crippen LogP contribution in [-0.4, -0.2) is 32.8 Å². The maximum Gasteiger partial charge on any atom is 0.220 e. The van der Waals surface area contributed by atoms with Crippen LogP contribution in [0, 0.1) is 0 Å². The highest BCUT2D eigenvalue weighted by Gasteiger charge is 1.99. The van der Waals surface area contributed by atoms with Crippen LogP contribution in [0.4, 0.5) is 0 Å². The third-order valence-corrected chi connectivity index (χ3v) is 2.48. The molecule has 0 unspecified atom stereocenters. The number of nitrogens with zero attached hydrogens (tertiary/aromatic N) is 3. The van der Waals surface area contributed by atoms with Crippen molar-refractivity contribution < 1.29 is 4.79 Å². The average molecular weight is 275 g/mol. The van der Waals surface area contributed by atoms with Crippen molar-refractivity contribution in [1.29, 1.82) is 0 Å². The monoisotopic (exact) mass is 274 g/mol. The second-order valence-corrected chi connectivity index (χ2v) is 3.96. The van der Waals surface area contributed by atoms with E-state index in [-0.39, 0.29) is 5.91 Å². The number of rotatable bonds is 7. The highest BCUT2D eigenvalue weighted by atomic mass is 79.9. The quantitative estimate of drug-likeness (QED) is 0.595. The molecule has 1 aromatic heterocycles. The number of aromatic nitrogens is 3. The molecule has 5 nitrogen and oxygen atoms in total. The van der Waals surface area contributed by atoms with Crippen molar-refractivity contribution in [3.8, 4) is 0 Å². The van der Waals surface area contributed by atoms with Gasteiger partial charge in [0.1, 0.15) is 0 Å². The van der Waals surface area contributed by atoms with Gasteiger partial charge in [0, 0.05) is 24.5 Å².